The molecule has 1 N–H and O–H groups in total. The second-order valence-corrected chi connectivity index (χ2v) is 4.93. The van der Waals surface area contributed by atoms with Crippen LogP contribution in [0.1, 0.15) is 37.3 Å². The molecule has 1 unspecified atom stereocenters. The summed E-state index contributed by atoms with van der Waals surface area (Å²) in [5.74, 6) is 0. The van der Waals surface area contributed by atoms with E-state index in [1.165, 1.54) is 31.2 Å². The number of benzene rings is 1. The van der Waals surface area contributed by atoms with Crippen LogP contribution in [-0.2, 0) is 0 Å². The molecule has 1 aliphatic rings. The Morgan fingerprint density at radius 2 is 1.73 bits per heavy atom. The van der Waals surface area contributed by atoms with Crippen LogP contribution in [0.15, 0.2) is 18.2 Å². The average molecular weight is 244 g/mol. The van der Waals surface area contributed by atoms with Crippen molar-refractivity contribution in [3.63, 3.8) is 0 Å². The van der Waals surface area contributed by atoms with Crippen LogP contribution in [0.2, 0.25) is 10.0 Å². The first kappa shape index (κ1) is 11.3. The van der Waals surface area contributed by atoms with Crippen LogP contribution in [0.4, 0.5) is 0 Å². The van der Waals surface area contributed by atoms with Gasteiger partial charge in [0.1, 0.15) is 0 Å². The third kappa shape index (κ3) is 3.10. The molecular weight excluding hydrogens is 229 g/mol. The van der Waals surface area contributed by atoms with E-state index < -0.39 is 0 Å². The monoisotopic (exact) mass is 243 g/mol. The van der Waals surface area contributed by atoms with Crippen LogP contribution >= 0.6 is 23.2 Å². The maximum atomic E-state index is 6.00. The van der Waals surface area contributed by atoms with Gasteiger partial charge < -0.3 is 5.32 Å². The van der Waals surface area contributed by atoms with Crippen molar-refractivity contribution in [3.8, 4) is 0 Å². The predicted molar refractivity (Wildman–Crippen MR) is 65.7 cm³/mol. The van der Waals surface area contributed by atoms with Gasteiger partial charge in [-0.25, -0.2) is 0 Å². The minimum absolute atomic E-state index is 0.420. The largest absolute Gasteiger partial charge is 0.310 e. The summed E-state index contributed by atoms with van der Waals surface area (Å²) in [6, 6.07) is 6.22. The molecule has 1 aromatic carbocycles. The molecule has 0 amide bonds. The summed E-state index contributed by atoms with van der Waals surface area (Å²) in [6.45, 7) is 1.09. The fraction of sp³-hybridized carbons (Fsp3) is 0.500. The summed E-state index contributed by atoms with van der Waals surface area (Å²) in [4.78, 5) is 0. The zero-order valence-corrected chi connectivity index (χ0v) is 10.1. The molecule has 2 rings (SSSR count). The lowest BCUT2D eigenvalue weighted by Gasteiger charge is -2.16. The maximum absolute atomic E-state index is 6.00. The summed E-state index contributed by atoms with van der Waals surface area (Å²) in [6.07, 6.45) is 5.04. The van der Waals surface area contributed by atoms with Crippen LogP contribution in [0.3, 0.4) is 0 Å². The highest BCUT2D eigenvalue weighted by atomic mass is 35.5. The quantitative estimate of drug-likeness (QED) is 0.780. The number of rotatable bonds is 1. The van der Waals surface area contributed by atoms with Crippen molar-refractivity contribution in [1.82, 2.24) is 5.32 Å². The molecule has 1 fully saturated rings. The van der Waals surface area contributed by atoms with Gasteiger partial charge in [0.15, 0.2) is 0 Å². The normalized spacial score (nSPS) is 22.4. The minimum Gasteiger partial charge on any atom is -0.310 e. The van der Waals surface area contributed by atoms with Crippen molar-refractivity contribution in [1.29, 1.82) is 0 Å². The standard InChI is InChI=1S/C12H15Cl2N/c13-10-6-9(7-11(14)8-10)12-4-2-1-3-5-15-12/h6-8,12,15H,1-5H2. The van der Waals surface area contributed by atoms with Gasteiger partial charge in [-0.2, -0.15) is 0 Å². The number of nitrogens with one attached hydrogen (secondary N) is 1. The zero-order valence-electron chi connectivity index (χ0n) is 8.60. The maximum Gasteiger partial charge on any atom is 0.0424 e. The molecule has 1 saturated heterocycles. The average Bonchev–Trinajstić information content (AvgIpc) is 2.43. The molecule has 0 radical (unpaired) electrons. The van der Waals surface area contributed by atoms with Crippen molar-refractivity contribution in [2.75, 3.05) is 6.54 Å². The van der Waals surface area contributed by atoms with Crippen LogP contribution in [0.25, 0.3) is 0 Å². The third-order valence-corrected chi connectivity index (χ3v) is 3.28. The molecule has 0 spiro atoms. The molecule has 1 nitrogen and oxygen atoms in total. The van der Waals surface area contributed by atoms with E-state index in [4.69, 9.17) is 23.2 Å². The summed E-state index contributed by atoms with van der Waals surface area (Å²) in [5.41, 5.74) is 1.22. The predicted octanol–water partition coefficient (Wildman–Crippen LogP) is 4.20. The van der Waals surface area contributed by atoms with Gasteiger partial charge in [-0.05, 0) is 43.1 Å². The van der Waals surface area contributed by atoms with E-state index in [-0.39, 0.29) is 0 Å². The Morgan fingerprint density at radius 1 is 1.00 bits per heavy atom. The summed E-state index contributed by atoms with van der Waals surface area (Å²) < 4.78 is 0. The highest BCUT2D eigenvalue weighted by molar-refractivity contribution is 6.34. The van der Waals surface area contributed by atoms with Gasteiger partial charge in [0, 0.05) is 16.1 Å². The first-order chi connectivity index (χ1) is 7.25. The number of hydrogen-bond donors (Lipinski definition) is 1. The van der Waals surface area contributed by atoms with Gasteiger partial charge in [0.2, 0.25) is 0 Å². The van der Waals surface area contributed by atoms with Crippen molar-refractivity contribution in [2.24, 2.45) is 0 Å². The fourth-order valence-electron chi connectivity index (χ4n) is 2.09. The van der Waals surface area contributed by atoms with E-state index in [9.17, 15) is 0 Å². The first-order valence-electron chi connectivity index (χ1n) is 5.45. The van der Waals surface area contributed by atoms with Gasteiger partial charge in [-0.15, -0.1) is 0 Å². The summed E-state index contributed by atoms with van der Waals surface area (Å²) >= 11 is 12.0. The molecule has 0 saturated carbocycles. The molecule has 0 bridgehead atoms. The topological polar surface area (TPSA) is 12.0 Å². The van der Waals surface area contributed by atoms with Gasteiger partial charge in [-0.3, -0.25) is 0 Å². The van der Waals surface area contributed by atoms with Crippen molar-refractivity contribution in [2.45, 2.75) is 31.7 Å². The van der Waals surface area contributed by atoms with E-state index in [0.717, 1.165) is 16.6 Å². The third-order valence-electron chi connectivity index (χ3n) is 2.85. The van der Waals surface area contributed by atoms with E-state index >= 15 is 0 Å². The van der Waals surface area contributed by atoms with E-state index in [0.29, 0.717) is 6.04 Å². The highest BCUT2D eigenvalue weighted by Crippen LogP contribution is 2.27. The number of halogens is 2. The smallest absolute Gasteiger partial charge is 0.0424 e. The Bertz CT molecular complexity index is 310. The van der Waals surface area contributed by atoms with Crippen molar-refractivity contribution in [3.05, 3.63) is 33.8 Å². The summed E-state index contributed by atoms with van der Waals surface area (Å²) in [7, 11) is 0. The minimum atomic E-state index is 0.420. The molecule has 1 heterocycles. The lowest BCUT2D eigenvalue weighted by molar-refractivity contribution is 0.535. The first-order valence-corrected chi connectivity index (χ1v) is 6.21. The molecule has 0 aliphatic carbocycles. The van der Waals surface area contributed by atoms with Crippen LogP contribution < -0.4 is 5.32 Å². The van der Waals surface area contributed by atoms with Crippen molar-refractivity contribution >= 4 is 23.2 Å². The molecular formula is C12H15Cl2N. The molecule has 1 atom stereocenters. The van der Waals surface area contributed by atoms with Crippen LogP contribution in [0, 0.1) is 0 Å². The van der Waals surface area contributed by atoms with E-state index in [2.05, 4.69) is 5.32 Å². The molecule has 15 heavy (non-hydrogen) atoms. The van der Waals surface area contributed by atoms with Gasteiger partial charge in [-0.1, -0.05) is 36.0 Å². The van der Waals surface area contributed by atoms with Crippen LogP contribution in [-0.4, -0.2) is 6.54 Å². The molecule has 3 heteroatoms. The zero-order chi connectivity index (χ0) is 10.7. The van der Waals surface area contributed by atoms with Gasteiger partial charge in [0.05, 0.1) is 0 Å². The Kier molecular flexibility index (Phi) is 3.90. The Hall–Kier alpha value is -0.240. The second-order valence-electron chi connectivity index (χ2n) is 4.06. The fourth-order valence-corrected chi connectivity index (χ4v) is 2.63. The molecule has 1 aliphatic heterocycles. The molecule has 0 aromatic heterocycles. The Balaban J connectivity index is 2.19. The molecule has 1 aromatic rings. The van der Waals surface area contributed by atoms with E-state index in [1.807, 2.05) is 12.1 Å². The summed E-state index contributed by atoms with van der Waals surface area (Å²) in [5, 5.41) is 4.99. The Morgan fingerprint density at radius 3 is 2.47 bits per heavy atom. The van der Waals surface area contributed by atoms with Crippen molar-refractivity contribution < 1.29 is 0 Å². The van der Waals surface area contributed by atoms with Gasteiger partial charge in [0.25, 0.3) is 0 Å². The lowest BCUT2D eigenvalue weighted by atomic mass is 10.0. The SMILES string of the molecule is Clc1cc(Cl)cc(C2CCCCCN2)c1. The van der Waals surface area contributed by atoms with E-state index in [1.54, 1.807) is 6.07 Å². The van der Waals surface area contributed by atoms with Crippen LogP contribution in [0.5, 0.6) is 0 Å². The van der Waals surface area contributed by atoms with Gasteiger partial charge >= 0.3 is 0 Å². The Labute approximate surface area is 101 Å². The lowest BCUT2D eigenvalue weighted by Crippen LogP contribution is -2.20. The highest BCUT2D eigenvalue weighted by Gasteiger charge is 2.14. The molecule has 82 valence electrons. The number of hydrogen-bond acceptors (Lipinski definition) is 1. The second kappa shape index (κ2) is 5.20.